The predicted molar refractivity (Wildman–Crippen MR) is 82.5 cm³/mol. The van der Waals surface area contributed by atoms with Crippen molar-refractivity contribution in [3.63, 3.8) is 0 Å². The van der Waals surface area contributed by atoms with Crippen LogP contribution >= 0.6 is 0 Å². The Morgan fingerprint density at radius 3 is 2.71 bits per heavy atom. The maximum atomic E-state index is 10.6. The predicted octanol–water partition coefficient (Wildman–Crippen LogP) is 2.26. The SMILES string of the molecule is CCN(CCOC)Cc1cc(C=CC(=O)O)ccc1OC. The summed E-state index contributed by atoms with van der Waals surface area (Å²) in [4.78, 5) is 12.8. The number of aliphatic carboxylic acids is 1. The van der Waals surface area contributed by atoms with Crippen molar-refractivity contribution in [1.82, 2.24) is 4.90 Å². The van der Waals surface area contributed by atoms with Crippen LogP contribution < -0.4 is 4.74 Å². The average Bonchev–Trinajstić information content (AvgIpc) is 2.49. The molecule has 0 aromatic heterocycles. The van der Waals surface area contributed by atoms with Crippen molar-refractivity contribution in [3.8, 4) is 5.75 Å². The highest BCUT2D eigenvalue weighted by molar-refractivity contribution is 5.85. The maximum Gasteiger partial charge on any atom is 0.328 e. The van der Waals surface area contributed by atoms with Gasteiger partial charge in [-0.1, -0.05) is 13.0 Å². The van der Waals surface area contributed by atoms with Crippen LogP contribution in [0.2, 0.25) is 0 Å². The molecule has 0 amide bonds. The van der Waals surface area contributed by atoms with Crippen molar-refractivity contribution in [2.75, 3.05) is 33.9 Å². The molecule has 5 heteroatoms. The second-order valence-electron chi connectivity index (χ2n) is 4.60. The topological polar surface area (TPSA) is 59.0 Å². The van der Waals surface area contributed by atoms with Crippen LogP contribution in [0.25, 0.3) is 6.08 Å². The van der Waals surface area contributed by atoms with Crippen LogP contribution in [0.1, 0.15) is 18.1 Å². The van der Waals surface area contributed by atoms with Gasteiger partial charge in [0.05, 0.1) is 13.7 Å². The number of hydrogen-bond donors (Lipinski definition) is 1. The second kappa shape index (κ2) is 9.15. The molecule has 0 spiro atoms. The van der Waals surface area contributed by atoms with Gasteiger partial charge in [-0.2, -0.15) is 0 Å². The first-order chi connectivity index (χ1) is 10.1. The number of benzene rings is 1. The second-order valence-corrected chi connectivity index (χ2v) is 4.60. The van der Waals surface area contributed by atoms with Crippen molar-refractivity contribution >= 4 is 12.0 Å². The lowest BCUT2D eigenvalue weighted by Gasteiger charge is -2.21. The summed E-state index contributed by atoms with van der Waals surface area (Å²) in [7, 11) is 3.32. The van der Waals surface area contributed by atoms with Gasteiger partial charge in [0.25, 0.3) is 0 Å². The lowest BCUT2D eigenvalue weighted by Crippen LogP contribution is -2.26. The van der Waals surface area contributed by atoms with Crippen molar-refractivity contribution in [2.24, 2.45) is 0 Å². The Hall–Kier alpha value is -1.85. The fraction of sp³-hybridized carbons (Fsp3) is 0.438. The van der Waals surface area contributed by atoms with Crippen LogP contribution in [0.5, 0.6) is 5.75 Å². The number of rotatable bonds is 9. The fourth-order valence-electron chi connectivity index (χ4n) is 2.00. The van der Waals surface area contributed by atoms with Crippen LogP contribution in [0, 0.1) is 0 Å². The maximum absolute atomic E-state index is 10.6. The minimum absolute atomic E-state index is 0.675. The van der Waals surface area contributed by atoms with Crippen LogP contribution in [0.3, 0.4) is 0 Å². The zero-order chi connectivity index (χ0) is 15.7. The van der Waals surface area contributed by atoms with Crippen molar-refractivity contribution < 1.29 is 19.4 Å². The van der Waals surface area contributed by atoms with E-state index in [1.165, 1.54) is 0 Å². The standard InChI is InChI=1S/C16H23NO4/c1-4-17(9-10-20-2)12-14-11-13(6-8-16(18)19)5-7-15(14)21-3/h5-8,11H,4,9-10,12H2,1-3H3,(H,18,19). The van der Waals surface area contributed by atoms with E-state index in [1.54, 1.807) is 20.3 Å². The Kier molecular flexibility index (Phi) is 7.50. The summed E-state index contributed by atoms with van der Waals surface area (Å²) in [6.07, 6.45) is 2.71. The third-order valence-corrected chi connectivity index (χ3v) is 3.18. The molecular weight excluding hydrogens is 270 g/mol. The van der Waals surface area contributed by atoms with Gasteiger partial charge in [0.1, 0.15) is 5.75 Å². The number of methoxy groups -OCH3 is 2. The molecule has 116 valence electrons. The van der Waals surface area contributed by atoms with Gasteiger partial charge in [-0.15, -0.1) is 0 Å². The Morgan fingerprint density at radius 1 is 1.38 bits per heavy atom. The molecular formula is C16H23NO4. The number of carbonyl (C=O) groups is 1. The number of carboxylic acid groups (broad SMARTS) is 1. The lowest BCUT2D eigenvalue weighted by atomic mass is 10.1. The molecule has 0 saturated heterocycles. The summed E-state index contributed by atoms with van der Waals surface area (Å²) in [5.74, 6) is -0.152. The van der Waals surface area contributed by atoms with E-state index in [2.05, 4.69) is 11.8 Å². The summed E-state index contributed by atoms with van der Waals surface area (Å²) in [6, 6.07) is 5.65. The fourth-order valence-corrected chi connectivity index (χ4v) is 2.00. The van der Waals surface area contributed by atoms with E-state index < -0.39 is 5.97 Å². The molecule has 1 aromatic carbocycles. The highest BCUT2D eigenvalue weighted by atomic mass is 16.5. The molecule has 0 saturated carbocycles. The van der Waals surface area contributed by atoms with E-state index in [4.69, 9.17) is 14.6 Å². The van der Waals surface area contributed by atoms with Gasteiger partial charge < -0.3 is 14.6 Å². The average molecular weight is 293 g/mol. The Morgan fingerprint density at radius 2 is 2.14 bits per heavy atom. The minimum Gasteiger partial charge on any atom is -0.496 e. The molecule has 5 nitrogen and oxygen atoms in total. The number of hydrogen-bond acceptors (Lipinski definition) is 4. The van der Waals surface area contributed by atoms with E-state index in [0.717, 1.165) is 42.6 Å². The van der Waals surface area contributed by atoms with Gasteiger partial charge in [0, 0.05) is 31.8 Å². The first-order valence-electron chi connectivity index (χ1n) is 6.90. The summed E-state index contributed by atoms with van der Waals surface area (Å²) >= 11 is 0. The molecule has 21 heavy (non-hydrogen) atoms. The lowest BCUT2D eigenvalue weighted by molar-refractivity contribution is -0.131. The minimum atomic E-state index is -0.956. The Labute approximate surface area is 125 Å². The Balaban J connectivity index is 2.91. The van der Waals surface area contributed by atoms with Crippen LogP contribution in [-0.2, 0) is 16.1 Å². The normalized spacial score (nSPS) is 11.2. The van der Waals surface area contributed by atoms with Gasteiger partial charge in [-0.25, -0.2) is 4.79 Å². The number of ether oxygens (including phenoxy) is 2. The summed E-state index contributed by atoms with van der Waals surface area (Å²) in [5, 5.41) is 8.69. The largest absolute Gasteiger partial charge is 0.496 e. The monoisotopic (exact) mass is 293 g/mol. The molecule has 1 rings (SSSR count). The zero-order valence-electron chi connectivity index (χ0n) is 12.8. The third-order valence-electron chi connectivity index (χ3n) is 3.18. The molecule has 0 heterocycles. The van der Waals surface area contributed by atoms with E-state index in [9.17, 15) is 4.79 Å². The Bertz CT molecular complexity index is 485. The highest BCUT2D eigenvalue weighted by Gasteiger charge is 2.09. The number of likely N-dealkylation sites (N-methyl/N-ethyl adjacent to an activating group) is 1. The molecule has 0 aliphatic rings. The number of carboxylic acids is 1. The quantitative estimate of drug-likeness (QED) is 0.708. The first kappa shape index (κ1) is 17.2. The smallest absolute Gasteiger partial charge is 0.328 e. The van der Waals surface area contributed by atoms with E-state index in [-0.39, 0.29) is 0 Å². The van der Waals surface area contributed by atoms with Gasteiger partial charge in [-0.3, -0.25) is 4.90 Å². The highest BCUT2D eigenvalue weighted by Crippen LogP contribution is 2.22. The third kappa shape index (κ3) is 5.97. The molecule has 0 bridgehead atoms. The first-order valence-corrected chi connectivity index (χ1v) is 6.90. The van der Waals surface area contributed by atoms with Crippen molar-refractivity contribution in [1.29, 1.82) is 0 Å². The van der Waals surface area contributed by atoms with E-state index in [0.29, 0.717) is 6.61 Å². The van der Waals surface area contributed by atoms with Crippen molar-refractivity contribution in [2.45, 2.75) is 13.5 Å². The number of nitrogens with zero attached hydrogens (tertiary/aromatic N) is 1. The molecule has 0 fully saturated rings. The summed E-state index contributed by atoms with van der Waals surface area (Å²) in [6.45, 7) is 5.25. The van der Waals surface area contributed by atoms with Crippen LogP contribution in [0.15, 0.2) is 24.3 Å². The van der Waals surface area contributed by atoms with Crippen LogP contribution in [-0.4, -0.2) is 49.9 Å². The molecule has 0 unspecified atom stereocenters. The van der Waals surface area contributed by atoms with E-state index >= 15 is 0 Å². The zero-order valence-corrected chi connectivity index (χ0v) is 12.8. The molecule has 1 N–H and O–H groups in total. The molecule has 0 aliphatic heterocycles. The molecule has 0 radical (unpaired) electrons. The van der Waals surface area contributed by atoms with Crippen molar-refractivity contribution in [3.05, 3.63) is 35.4 Å². The summed E-state index contributed by atoms with van der Waals surface area (Å²) < 4.78 is 10.5. The van der Waals surface area contributed by atoms with Gasteiger partial charge >= 0.3 is 5.97 Å². The van der Waals surface area contributed by atoms with Crippen LogP contribution in [0.4, 0.5) is 0 Å². The summed E-state index contributed by atoms with van der Waals surface area (Å²) in [5.41, 5.74) is 1.87. The molecule has 1 aromatic rings. The van der Waals surface area contributed by atoms with Gasteiger partial charge in [0.2, 0.25) is 0 Å². The molecule has 0 atom stereocenters. The van der Waals surface area contributed by atoms with Gasteiger partial charge in [-0.05, 0) is 30.3 Å². The molecule has 0 aliphatic carbocycles. The van der Waals surface area contributed by atoms with Gasteiger partial charge in [0.15, 0.2) is 0 Å². The van der Waals surface area contributed by atoms with E-state index in [1.807, 2.05) is 18.2 Å².